The number of rotatable bonds is 4. The number of nitrogens with two attached hydrogens (primary N) is 1. The van der Waals surface area contributed by atoms with E-state index >= 15 is 0 Å². The summed E-state index contributed by atoms with van der Waals surface area (Å²) < 4.78 is 0. The van der Waals surface area contributed by atoms with E-state index in [4.69, 9.17) is 40.5 Å². The number of amides is 1. The van der Waals surface area contributed by atoms with Crippen molar-refractivity contribution in [3.05, 3.63) is 62.6 Å². The van der Waals surface area contributed by atoms with Gasteiger partial charge in [0.2, 0.25) is 5.91 Å². The summed E-state index contributed by atoms with van der Waals surface area (Å²) in [4.78, 5) is 11.2. The molecule has 104 valence electrons. The van der Waals surface area contributed by atoms with Crippen LogP contribution in [0.5, 0.6) is 0 Å². The molecule has 0 aliphatic rings. The van der Waals surface area contributed by atoms with Crippen molar-refractivity contribution in [1.29, 1.82) is 0 Å². The minimum Gasteiger partial charge on any atom is -0.381 e. The van der Waals surface area contributed by atoms with Crippen molar-refractivity contribution < 1.29 is 4.79 Å². The van der Waals surface area contributed by atoms with Gasteiger partial charge in [0.25, 0.3) is 0 Å². The van der Waals surface area contributed by atoms with Crippen LogP contribution in [0.1, 0.15) is 15.9 Å². The summed E-state index contributed by atoms with van der Waals surface area (Å²) in [5, 5.41) is 4.64. The Morgan fingerprint density at radius 2 is 1.80 bits per heavy atom. The monoisotopic (exact) mass is 328 g/mol. The minimum absolute atomic E-state index is 0.277. The molecule has 3 N–H and O–H groups in total. The Morgan fingerprint density at radius 1 is 1.05 bits per heavy atom. The first-order valence-electron chi connectivity index (χ1n) is 5.74. The van der Waals surface area contributed by atoms with Gasteiger partial charge < -0.3 is 11.1 Å². The Kier molecular flexibility index (Phi) is 4.76. The van der Waals surface area contributed by atoms with Gasteiger partial charge in [-0.05, 0) is 35.9 Å². The molecule has 3 nitrogen and oxygen atoms in total. The van der Waals surface area contributed by atoms with Crippen LogP contribution in [0.2, 0.25) is 15.1 Å². The second-order valence-electron chi connectivity index (χ2n) is 4.15. The smallest absolute Gasteiger partial charge is 0.250 e. The first-order valence-corrected chi connectivity index (χ1v) is 6.88. The van der Waals surface area contributed by atoms with Gasteiger partial charge in [-0.25, -0.2) is 0 Å². The molecule has 2 aromatic carbocycles. The Labute approximate surface area is 131 Å². The maximum atomic E-state index is 11.2. The highest BCUT2D eigenvalue weighted by atomic mass is 35.5. The summed E-state index contributed by atoms with van der Waals surface area (Å²) in [6.45, 7) is 0.496. The second-order valence-corrected chi connectivity index (χ2v) is 5.40. The van der Waals surface area contributed by atoms with E-state index in [0.29, 0.717) is 21.6 Å². The summed E-state index contributed by atoms with van der Waals surface area (Å²) in [7, 11) is 0. The number of hydrogen-bond acceptors (Lipinski definition) is 2. The van der Waals surface area contributed by atoms with Crippen LogP contribution in [0.25, 0.3) is 0 Å². The molecule has 2 aromatic rings. The molecular formula is C14H11Cl3N2O. The van der Waals surface area contributed by atoms with E-state index in [-0.39, 0.29) is 5.56 Å². The fourth-order valence-electron chi connectivity index (χ4n) is 1.69. The van der Waals surface area contributed by atoms with Crippen molar-refractivity contribution in [2.75, 3.05) is 5.32 Å². The number of benzene rings is 2. The molecule has 1 amide bonds. The molecule has 0 unspecified atom stereocenters. The SMILES string of the molecule is NC(=O)c1cc(NCc2ccc(Cl)cc2Cl)ccc1Cl. The molecule has 0 spiro atoms. The first kappa shape index (κ1) is 15.0. The van der Waals surface area contributed by atoms with Crippen LogP contribution in [0.4, 0.5) is 5.69 Å². The molecule has 0 bridgehead atoms. The van der Waals surface area contributed by atoms with Gasteiger partial charge in [0.1, 0.15) is 0 Å². The lowest BCUT2D eigenvalue weighted by molar-refractivity contribution is 0.100. The van der Waals surface area contributed by atoms with Crippen molar-refractivity contribution in [2.24, 2.45) is 5.73 Å². The number of anilines is 1. The van der Waals surface area contributed by atoms with Gasteiger partial charge >= 0.3 is 0 Å². The molecule has 0 radical (unpaired) electrons. The lowest BCUT2D eigenvalue weighted by Gasteiger charge is -2.10. The fourth-order valence-corrected chi connectivity index (χ4v) is 2.37. The van der Waals surface area contributed by atoms with E-state index in [9.17, 15) is 4.79 Å². The van der Waals surface area contributed by atoms with Crippen molar-refractivity contribution in [2.45, 2.75) is 6.54 Å². The summed E-state index contributed by atoms with van der Waals surface area (Å²) in [5.74, 6) is -0.567. The Balaban J connectivity index is 2.15. The highest BCUT2D eigenvalue weighted by molar-refractivity contribution is 6.35. The highest BCUT2D eigenvalue weighted by Gasteiger charge is 2.08. The Bertz CT molecular complexity index is 659. The minimum atomic E-state index is -0.567. The summed E-state index contributed by atoms with van der Waals surface area (Å²) >= 11 is 17.8. The van der Waals surface area contributed by atoms with Gasteiger partial charge in [-0.15, -0.1) is 0 Å². The maximum Gasteiger partial charge on any atom is 0.250 e. The van der Waals surface area contributed by atoms with E-state index in [1.54, 1.807) is 30.3 Å². The number of halogens is 3. The summed E-state index contributed by atoms with van der Waals surface area (Å²) in [6.07, 6.45) is 0. The van der Waals surface area contributed by atoms with Crippen LogP contribution in [0.3, 0.4) is 0 Å². The van der Waals surface area contributed by atoms with Crippen LogP contribution in [-0.2, 0) is 6.54 Å². The number of carbonyl (C=O) groups excluding carboxylic acids is 1. The van der Waals surface area contributed by atoms with E-state index in [1.807, 2.05) is 6.07 Å². The molecule has 0 aromatic heterocycles. The summed E-state index contributed by atoms with van der Waals surface area (Å²) in [6, 6.07) is 10.3. The molecule has 0 saturated carbocycles. The number of hydrogen-bond donors (Lipinski definition) is 2. The van der Waals surface area contributed by atoms with E-state index in [0.717, 1.165) is 11.3 Å². The van der Waals surface area contributed by atoms with Crippen LogP contribution in [0, 0.1) is 0 Å². The molecular weight excluding hydrogens is 319 g/mol. The third kappa shape index (κ3) is 3.57. The lowest BCUT2D eigenvalue weighted by Crippen LogP contribution is -2.12. The number of primary amides is 1. The molecule has 2 rings (SSSR count). The van der Waals surface area contributed by atoms with Gasteiger partial charge in [0, 0.05) is 22.3 Å². The molecule has 0 fully saturated rings. The number of carbonyl (C=O) groups is 1. The fraction of sp³-hybridized carbons (Fsp3) is 0.0714. The normalized spacial score (nSPS) is 10.3. The van der Waals surface area contributed by atoms with E-state index < -0.39 is 5.91 Å². The first-order chi connectivity index (χ1) is 9.47. The summed E-state index contributed by atoms with van der Waals surface area (Å²) in [5.41, 5.74) is 7.15. The van der Waals surface area contributed by atoms with E-state index in [1.165, 1.54) is 0 Å². The average molecular weight is 330 g/mol. The van der Waals surface area contributed by atoms with Gasteiger partial charge in [0.05, 0.1) is 10.6 Å². The molecule has 6 heteroatoms. The molecule has 0 heterocycles. The van der Waals surface area contributed by atoms with Crippen LogP contribution in [0.15, 0.2) is 36.4 Å². The van der Waals surface area contributed by atoms with Crippen LogP contribution >= 0.6 is 34.8 Å². The molecule has 0 saturated heterocycles. The molecule has 0 aliphatic heterocycles. The van der Waals surface area contributed by atoms with Crippen molar-refractivity contribution in [3.63, 3.8) is 0 Å². The Hall–Kier alpha value is -1.42. The van der Waals surface area contributed by atoms with Crippen LogP contribution < -0.4 is 11.1 Å². The lowest BCUT2D eigenvalue weighted by atomic mass is 10.1. The highest BCUT2D eigenvalue weighted by Crippen LogP contribution is 2.24. The standard InChI is InChI=1S/C14H11Cl3N2O/c15-9-2-1-8(13(17)5-9)7-19-10-3-4-12(16)11(6-10)14(18)20/h1-6,19H,7H2,(H2,18,20). The predicted molar refractivity (Wildman–Crippen MR) is 83.8 cm³/mol. The zero-order valence-electron chi connectivity index (χ0n) is 10.3. The van der Waals surface area contributed by atoms with Crippen molar-refractivity contribution >= 4 is 46.4 Å². The topological polar surface area (TPSA) is 55.1 Å². The largest absolute Gasteiger partial charge is 0.381 e. The van der Waals surface area contributed by atoms with E-state index in [2.05, 4.69) is 5.32 Å². The molecule has 20 heavy (non-hydrogen) atoms. The van der Waals surface area contributed by atoms with Crippen LogP contribution in [-0.4, -0.2) is 5.91 Å². The van der Waals surface area contributed by atoms with Gasteiger partial charge in [-0.2, -0.15) is 0 Å². The average Bonchev–Trinajstić information content (AvgIpc) is 2.39. The third-order valence-electron chi connectivity index (χ3n) is 2.73. The molecule has 0 aliphatic carbocycles. The maximum absolute atomic E-state index is 11.2. The third-order valence-corrected chi connectivity index (χ3v) is 3.65. The Morgan fingerprint density at radius 3 is 2.45 bits per heavy atom. The number of nitrogens with one attached hydrogen (secondary N) is 1. The molecule has 0 atom stereocenters. The van der Waals surface area contributed by atoms with Crippen molar-refractivity contribution in [3.8, 4) is 0 Å². The second kappa shape index (κ2) is 6.35. The zero-order chi connectivity index (χ0) is 14.7. The predicted octanol–water partition coefficient (Wildman–Crippen LogP) is 4.36. The quantitative estimate of drug-likeness (QED) is 0.875. The zero-order valence-corrected chi connectivity index (χ0v) is 12.6. The van der Waals surface area contributed by atoms with Gasteiger partial charge in [-0.1, -0.05) is 40.9 Å². The van der Waals surface area contributed by atoms with Gasteiger partial charge in [-0.3, -0.25) is 4.79 Å². The van der Waals surface area contributed by atoms with Crippen molar-refractivity contribution in [1.82, 2.24) is 0 Å². The van der Waals surface area contributed by atoms with Gasteiger partial charge in [0.15, 0.2) is 0 Å².